The number of benzene rings is 2. The molecule has 0 fully saturated rings. The van der Waals surface area contributed by atoms with Crippen LogP contribution in [0, 0.1) is 3.57 Å². The van der Waals surface area contributed by atoms with E-state index in [2.05, 4.69) is 48.4 Å². The van der Waals surface area contributed by atoms with Crippen LogP contribution in [-0.2, 0) is 14.9 Å². The first-order valence-corrected chi connectivity index (χ1v) is 8.80. The smallest absolute Gasteiger partial charge is 0.363 e. The van der Waals surface area contributed by atoms with Crippen LogP contribution < -0.4 is 0 Å². The number of nitrogens with zero attached hydrogens (tertiary/aromatic N) is 1. The summed E-state index contributed by atoms with van der Waals surface area (Å²) in [6.45, 7) is 6.49. The van der Waals surface area contributed by atoms with Gasteiger partial charge in [0, 0.05) is 9.13 Å². The first kappa shape index (κ1) is 16.9. The van der Waals surface area contributed by atoms with Gasteiger partial charge in [0.2, 0.25) is 5.90 Å². The highest BCUT2D eigenvalue weighted by molar-refractivity contribution is 14.1. The zero-order valence-electron chi connectivity index (χ0n) is 13.8. The summed E-state index contributed by atoms with van der Waals surface area (Å²) in [4.78, 5) is 16.4. The van der Waals surface area contributed by atoms with Gasteiger partial charge in [-0.1, -0.05) is 45.0 Å². The van der Waals surface area contributed by atoms with Crippen LogP contribution in [0.4, 0.5) is 0 Å². The number of halogens is 1. The Hall–Kier alpha value is -1.95. The average molecular weight is 431 g/mol. The van der Waals surface area contributed by atoms with Gasteiger partial charge in [-0.15, -0.1) is 0 Å². The van der Waals surface area contributed by atoms with E-state index in [-0.39, 0.29) is 5.41 Å². The Labute approximate surface area is 155 Å². The van der Waals surface area contributed by atoms with Gasteiger partial charge in [0.1, 0.15) is 0 Å². The van der Waals surface area contributed by atoms with Crippen molar-refractivity contribution in [3.05, 3.63) is 74.5 Å². The summed E-state index contributed by atoms with van der Waals surface area (Å²) in [5, 5.41) is 0. The average Bonchev–Trinajstić information content (AvgIpc) is 2.88. The third-order valence-corrected chi connectivity index (χ3v) is 4.44. The SMILES string of the molecule is CC(C)(C)c1ccc(C2=NC(=Cc3cccc(I)c3)C(=O)O2)cc1. The van der Waals surface area contributed by atoms with Gasteiger partial charge in [-0.2, -0.15) is 0 Å². The molecular weight excluding hydrogens is 413 g/mol. The summed E-state index contributed by atoms with van der Waals surface area (Å²) < 4.78 is 6.44. The normalized spacial score (nSPS) is 16.2. The van der Waals surface area contributed by atoms with Gasteiger partial charge < -0.3 is 4.74 Å². The fourth-order valence-corrected chi connectivity index (χ4v) is 2.97. The standard InChI is InChI=1S/C20H18INO2/c1-20(2,3)15-9-7-14(8-10-15)18-22-17(19(23)24-18)12-13-5-4-6-16(21)11-13/h4-12H,1-3H3. The lowest BCUT2D eigenvalue weighted by atomic mass is 9.87. The molecule has 3 nitrogen and oxygen atoms in total. The minimum atomic E-state index is -0.413. The highest BCUT2D eigenvalue weighted by Crippen LogP contribution is 2.24. The number of carbonyl (C=O) groups excluding carboxylic acids is 1. The highest BCUT2D eigenvalue weighted by Gasteiger charge is 2.24. The first-order chi connectivity index (χ1) is 11.3. The zero-order chi connectivity index (χ0) is 17.3. The summed E-state index contributed by atoms with van der Waals surface area (Å²) >= 11 is 2.24. The van der Waals surface area contributed by atoms with E-state index in [4.69, 9.17) is 4.74 Å². The van der Waals surface area contributed by atoms with Gasteiger partial charge in [-0.05, 0) is 69.5 Å². The van der Waals surface area contributed by atoms with E-state index in [0.717, 1.165) is 14.7 Å². The fraction of sp³-hybridized carbons (Fsp3) is 0.200. The molecule has 1 heterocycles. The van der Waals surface area contributed by atoms with Crippen molar-refractivity contribution < 1.29 is 9.53 Å². The number of aliphatic imine (C=N–C) groups is 1. The Balaban J connectivity index is 1.89. The molecule has 4 heteroatoms. The molecule has 122 valence electrons. The second-order valence-corrected chi connectivity index (χ2v) is 7.96. The summed E-state index contributed by atoms with van der Waals surface area (Å²) in [5.41, 5.74) is 3.38. The van der Waals surface area contributed by atoms with Crippen LogP contribution in [0.15, 0.2) is 59.2 Å². The van der Waals surface area contributed by atoms with Crippen molar-refractivity contribution >= 4 is 40.5 Å². The van der Waals surface area contributed by atoms with Crippen molar-refractivity contribution in [2.45, 2.75) is 26.2 Å². The molecule has 0 bridgehead atoms. The van der Waals surface area contributed by atoms with E-state index in [1.165, 1.54) is 5.56 Å². The van der Waals surface area contributed by atoms with E-state index in [1.54, 1.807) is 6.08 Å². The van der Waals surface area contributed by atoms with E-state index >= 15 is 0 Å². The van der Waals surface area contributed by atoms with E-state index in [1.807, 2.05) is 48.5 Å². The molecule has 0 amide bonds. The maximum atomic E-state index is 12.1. The second-order valence-electron chi connectivity index (χ2n) is 6.72. The van der Waals surface area contributed by atoms with Crippen LogP contribution in [-0.4, -0.2) is 11.9 Å². The predicted octanol–water partition coefficient (Wildman–Crippen LogP) is 4.93. The number of esters is 1. The molecule has 0 atom stereocenters. The zero-order valence-corrected chi connectivity index (χ0v) is 16.0. The monoisotopic (exact) mass is 431 g/mol. The molecule has 1 aliphatic heterocycles. The number of ether oxygens (including phenoxy) is 1. The largest absolute Gasteiger partial charge is 0.402 e. The van der Waals surface area contributed by atoms with Gasteiger partial charge in [-0.3, -0.25) is 0 Å². The van der Waals surface area contributed by atoms with Crippen LogP contribution in [0.3, 0.4) is 0 Å². The molecule has 2 aromatic rings. The number of cyclic esters (lactones) is 1. The number of hydrogen-bond acceptors (Lipinski definition) is 3. The van der Waals surface area contributed by atoms with Gasteiger partial charge in [0.05, 0.1) is 0 Å². The molecule has 0 saturated carbocycles. The Morgan fingerprint density at radius 2 is 1.79 bits per heavy atom. The van der Waals surface area contributed by atoms with Crippen LogP contribution in [0.25, 0.3) is 6.08 Å². The molecule has 24 heavy (non-hydrogen) atoms. The van der Waals surface area contributed by atoms with Gasteiger partial charge in [0.25, 0.3) is 0 Å². The molecule has 0 unspecified atom stereocenters. The molecule has 0 spiro atoms. The van der Waals surface area contributed by atoms with E-state index < -0.39 is 5.97 Å². The van der Waals surface area contributed by atoms with Crippen molar-refractivity contribution in [3.63, 3.8) is 0 Å². The Morgan fingerprint density at radius 3 is 2.42 bits per heavy atom. The van der Waals surface area contributed by atoms with E-state index in [9.17, 15) is 4.79 Å². The topological polar surface area (TPSA) is 38.7 Å². The summed E-state index contributed by atoms with van der Waals surface area (Å²) in [6, 6.07) is 15.9. The third kappa shape index (κ3) is 3.75. The van der Waals surface area contributed by atoms with Crippen LogP contribution >= 0.6 is 22.6 Å². The second kappa shape index (κ2) is 6.51. The molecule has 0 aromatic heterocycles. The minimum Gasteiger partial charge on any atom is -0.402 e. The molecule has 0 saturated heterocycles. The lowest BCUT2D eigenvalue weighted by Crippen LogP contribution is -2.11. The van der Waals surface area contributed by atoms with E-state index in [0.29, 0.717) is 11.6 Å². The molecule has 1 aliphatic rings. The van der Waals surface area contributed by atoms with Gasteiger partial charge in [-0.25, -0.2) is 9.79 Å². The quantitative estimate of drug-likeness (QED) is 0.384. The first-order valence-electron chi connectivity index (χ1n) is 7.72. The van der Waals surface area contributed by atoms with Crippen molar-refractivity contribution in [1.29, 1.82) is 0 Å². The van der Waals surface area contributed by atoms with Crippen LogP contribution in [0.1, 0.15) is 37.5 Å². The molecule has 0 radical (unpaired) electrons. The van der Waals surface area contributed by atoms with Crippen LogP contribution in [0.5, 0.6) is 0 Å². The summed E-state index contributed by atoms with van der Waals surface area (Å²) in [7, 11) is 0. The minimum absolute atomic E-state index is 0.0855. The van der Waals surface area contributed by atoms with Crippen molar-refractivity contribution in [2.24, 2.45) is 4.99 Å². The van der Waals surface area contributed by atoms with Crippen LogP contribution in [0.2, 0.25) is 0 Å². The Bertz CT molecular complexity index is 843. The summed E-state index contributed by atoms with van der Waals surface area (Å²) in [6.07, 6.45) is 1.75. The lowest BCUT2D eigenvalue weighted by molar-refractivity contribution is -0.129. The maximum Gasteiger partial charge on any atom is 0.363 e. The molecule has 3 rings (SSSR count). The number of hydrogen-bond donors (Lipinski definition) is 0. The number of rotatable bonds is 2. The lowest BCUT2D eigenvalue weighted by Gasteiger charge is -2.18. The molecule has 0 N–H and O–H groups in total. The molecule has 2 aromatic carbocycles. The van der Waals surface area contributed by atoms with Gasteiger partial charge >= 0.3 is 5.97 Å². The summed E-state index contributed by atoms with van der Waals surface area (Å²) in [5.74, 6) is -0.0545. The maximum absolute atomic E-state index is 12.1. The van der Waals surface area contributed by atoms with Crippen molar-refractivity contribution in [1.82, 2.24) is 0 Å². The molecular formula is C20H18INO2. The highest BCUT2D eigenvalue weighted by atomic mass is 127. The van der Waals surface area contributed by atoms with Gasteiger partial charge in [0.15, 0.2) is 5.70 Å². The Kier molecular flexibility index (Phi) is 4.58. The molecule has 0 aliphatic carbocycles. The Morgan fingerprint density at radius 1 is 1.08 bits per heavy atom. The van der Waals surface area contributed by atoms with Crippen molar-refractivity contribution in [2.75, 3.05) is 0 Å². The van der Waals surface area contributed by atoms with Crippen molar-refractivity contribution in [3.8, 4) is 0 Å². The predicted molar refractivity (Wildman–Crippen MR) is 105 cm³/mol. The number of carbonyl (C=O) groups is 1. The third-order valence-electron chi connectivity index (χ3n) is 3.77. The fourth-order valence-electron chi connectivity index (χ4n) is 2.40.